The minimum Gasteiger partial charge on any atom is -0.361 e. The maximum atomic E-state index is 14.0. The predicted molar refractivity (Wildman–Crippen MR) is 168 cm³/mol. The van der Waals surface area contributed by atoms with Gasteiger partial charge in [0.05, 0.1) is 15.5 Å². The number of amides is 2. The number of H-pyrrole nitrogens is 1. The summed E-state index contributed by atoms with van der Waals surface area (Å²) in [5, 5.41) is 12.2. The Kier molecular flexibility index (Phi) is 9.35. The standard InChI is InChI=1S/C34H30ClFN4O4/c1-23-6-8-24(9-7-23)20-38(17-16-26-19-37-32-5-3-2-4-29(26)32)33(41)22-39(21-25-10-12-27(36)13-11-25)34(42)30-15-14-28(40(43)44)18-31(30)35/h2-15,18-19,37H,16-17,20-22H2,1H3. The van der Waals surface area contributed by atoms with Crippen LogP contribution in [0.2, 0.25) is 5.02 Å². The van der Waals surface area contributed by atoms with Crippen molar-refractivity contribution in [3.63, 3.8) is 0 Å². The Labute approximate surface area is 258 Å². The van der Waals surface area contributed by atoms with Crippen LogP contribution in [0, 0.1) is 22.9 Å². The Morgan fingerprint density at radius 3 is 2.25 bits per heavy atom. The number of nitrogens with one attached hydrogen (secondary N) is 1. The molecule has 1 heterocycles. The molecule has 0 aliphatic heterocycles. The van der Waals surface area contributed by atoms with Gasteiger partial charge >= 0.3 is 0 Å². The number of nitro groups is 1. The third-order valence-corrected chi connectivity index (χ3v) is 7.78. The fourth-order valence-corrected chi connectivity index (χ4v) is 5.29. The van der Waals surface area contributed by atoms with E-state index in [0.29, 0.717) is 25.1 Å². The second kappa shape index (κ2) is 13.5. The molecule has 44 heavy (non-hydrogen) atoms. The molecule has 0 aliphatic rings. The lowest BCUT2D eigenvalue weighted by molar-refractivity contribution is -0.384. The van der Waals surface area contributed by atoms with Crippen LogP contribution in [0.25, 0.3) is 10.9 Å². The lowest BCUT2D eigenvalue weighted by Crippen LogP contribution is -2.43. The highest BCUT2D eigenvalue weighted by atomic mass is 35.5. The van der Waals surface area contributed by atoms with Crippen LogP contribution in [0.15, 0.2) is 97.2 Å². The largest absolute Gasteiger partial charge is 0.361 e. The van der Waals surface area contributed by atoms with E-state index in [1.165, 1.54) is 29.2 Å². The molecule has 5 rings (SSSR count). The van der Waals surface area contributed by atoms with E-state index in [0.717, 1.165) is 33.7 Å². The van der Waals surface area contributed by atoms with E-state index in [4.69, 9.17) is 11.6 Å². The molecule has 0 fully saturated rings. The first-order valence-corrected chi connectivity index (χ1v) is 14.4. The lowest BCUT2D eigenvalue weighted by Gasteiger charge is -2.28. The average molecular weight is 613 g/mol. The number of aryl methyl sites for hydroxylation is 1. The molecule has 0 atom stereocenters. The van der Waals surface area contributed by atoms with Crippen LogP contribution < -0.4 is 0 Å². The monoisotopic (exact) mass is 612 g/mol. The molecule has 0 bridgehead atoms. The third-order valence-electron chi connectivity index (χ3n) is 7.47. The number of hydrogen-bond acceptors (Lipinski definition) is 4. The number of halogens is 2. The third kappa shape index (κ3) is 7.30. The summed E-state index contributed by atoms with van der Waals surface area (Å²) in [7, 11) is 0. The van der Waals surface area contributed by atoms with Crippen molar-refractivity contribution in [2.75, 3.05) is 13.1 Å². The SMILES string of the molecule is Cc1ccc(CN(CCc2c[nH]c3ccccc23)C(=O)CN(Cc2ccc(F)cc2)C(=O)c2ccc([N+](=O)[O-])cc2Cl)cc1. The highest BCUT2D eigenvalue weighted by molar-refractivity contribution is 6.34. The molecule has 0 spiro atoms. The van der Waals surface area contributed by atoms with Crippen LogP contribution in [-0.4, -0.2) is 44.6 Å². The van der Waals surface area contributed by atoms with Gasteiger partial charge in [0.1, 0.15) is 12.4 Å². The van der Waals surface area contributed by atoms with Gasteiger partial charge in [-0.15, -0.1) is 0 Å². The van der Waals surface area contributed by atoms with Gasteiger partial charge in [0.15, 0.2) is 0 Å². The number of carbonyl (C=O) groups excluding carboxylic acids is 2. The predicted octanol–water partition coefficient (Wildman–Crippen LogP) is 7.09. The summed E-state index contributed by atoms with van der Waals surface area (Å²) in [6, 6.07) is 25.1. The van der Waals surface area contributed by atoms with Crippen molar-refractivity contribution in [1.82, 2.24) is 14.8 Å². The van der Waals surface area contributed by atoms with Gasteiger partial charge in [0, 0.05) is 48.9 Å². The summed E-state index contributed by atoms with van der Waals surface area (Å²) in [5.74, 6) is -1.30. The summed E-state index contributed by atoms with van der Waals surface area (Å²) in [4.78, 5) is 44.7. The summed E-state index contributed by atoms with van der Waals surface area (Å²) in [6.07, 6.45) is 2.53. The van der Waals surface area contributed by atoms with Gasteiger partial charge in [0.25, 0.3) is 11.6 Å². The molecule has 5 aromatic rings. The highest BCUT2D eigenvalue weighted by Gasteiger charge is 2.26. The second-order valence-corrected chi connectivity index (χ2v) is 11.0. The Balaban J connectivity index is 1.43. The van der Waals surface area contributed by atoms with Crippen molar-refractivity contribution in [3.05, 3.63) is 146 Å². The van der Waals surface area contributed by atoms with E-state index >= 15 is 0 Å². The lowest BCUT2D eigenvalue weighted by atomic mass is 10.1. The summed E-state index contributed by atoms with van der Waals surface area (Å²) < 4.78 is 13.6. The normalized spacial score (nSPS) is 11.0. The van der Waals surface area contributed by atoms with E-state index < -0.39 is 16.6 Å². The number of carbonyl (C=O) groups is 2. The molecule has 8 nitrogen and oxygen atoms in total. The zero-order valence-electron chi connectivity index (χ0n) is 24.0. The second-order valence-electron chi connectivity index (χ2n) is 10.6. The van der Waals surface area contributed by atoms with E-state index in [2.05, 4.69) is 4.98 Å². The Morgan fingerprint density at radius 1 is 0.909 bits per heavy atom. The van der Waals surface area contributed by atoms with Gasteiger partial charge in [0.2, 0.25) is 5.91 Å². The van der Waals surface area contributed by atoms with E-state index in [1.807, 2.05) is 61.7 Å². The molecule has 224 valence electrons. The number of aromatic amines is 1. The number of para-hydroxylation sites is 1. The van der Waals surface area contributed by atoms with Crippen molar-refractivity contribution in [2.24, 2.45) is 0 Å². The van der Waals surface area contributed by atoms with Crippen LogP contribution in [0.4, 0.5) is 10.1 Å². The van der Waals surface area contributed by atoms with Crippen molar-refractivity contribution < 1.29 is 18.9 Å². The molecule has 4 aromatic carbocycles. The number of non-ortho nitro benzene ring substituents is 1. The van der Waals surface area contributed by atoms with Crippen molar-refractivity contribution in [3.8, 4) is 0 Å². The number of aromatic nitrogens is 1. The molecule has 0 unspecified atom stereocenters. The number of fused-ring (bicyclic) bond motifs is 1. The Bertz CT molecular complexity index is 1800. The Hall–Kier alpha value is -5.02. The van der Waals surface area contributed by atoms with Gasteiger partial charge < -0.3 is 14.8 Å². The number of nitrogens with zero attached hydrogens (tertiary/aromatic N) is 3. The van der Waals surface area contributed by atoms with E-state index in [9.17, 15) is 24.1 Å². The fraction of sp³-hybridized carbons (Fsp3) is 0.176. The Morgan fingerprint density at radius 2 is 1.57 bits per heavy atom. The number of nitro benzene ring substituents is 1. The van der Waals surface area contributed by atoms with Crippen LogP contribution in [0.1, 0.15) is 32.6 Å². The van der Waals surface area contributed by atoms with Gasteiger partial charge in [-0.2, -0.15) is 0 Å². The zero-order chi connectivity index (χ0) is 31.2. The maximum absolute atomic E-state index is 14.0. The minimum atomic E-state index is -0.601. The molecule has 1 N–H and O–H groups in total. The molecule has 0 aliphatic carbocycles. The van der Waals surface area contributed by atoms with Crippen LogP contribution in [0.5, 0.6) is 0 Å². The number of benzene rings is 4. The van der Waals surface area contributed by atoms with Crippen molar-refractivity contribution >= 4 is 40.0 Å². The van der Waals surface area contributed by atoms with Crippen LogP contribution in [0.3, 0.4) is 0 Å². The van der Waals surface area contributed by atoms with Crippen molar-refractivity contribution in [2.45, 2.75) is 26.4 Å². The fourth-order valence-electron chi connectivity index (χ4n) is 5.03. The molecule has 0 saturated carbocycles. The molecule has 0 saturated heterocycles. The summed E-state index contributed by atoms with van der Waals surface area (Å²) in [6.45, 7) is 2.43. The van der Waals surface area contributed by atoms with Gasteiger partial charge in [-0.25, -0.2) is 4.39 Å². The first kappa shape index (κ1) is 30.4. The van der Waals surface area contributed by atoms with Gasteiger partial charge in [-0.1, -0.05) is 71.8 Å². The zero-order valence-corrected chi connectivity index (χ0v) is 24.8. The molecule has 1 aromatic heterocycles. The molecular weight excluding hydrogens is 583 g/mol. The summed E-state index contributed by atoms with van der Waals surface area (Å²) in [5.41, 5.74) is 4.49. The first-order valence-electron chi connectivity index (χ1n) is 14.0. The smallest absolute Gasteiger partial charge is 0.270 e. The molecule has 10 heteroatoms. The molecule has 0 radical (unpaired) electrons. The quantitative estimate of drug-likeness (QED) is 0.127. The van der Waals surface area contributed by atoms with Crippen LogP contribution in [-0.2, 0) is 24.3 Å². The van der Waals surface area contributed by atoms with Gasteiger partial charge in [-0.05, 0) is 54.3 Å². The van der Waals surface area contributed by atoms with Gasteiger partial charge in [-0.3, -0.25) is 19.7 Å². The average Bonchev–Trinajstić information content (AvgIpc) is 3.43. The highest BCUT2D eigenvalue weighted by Crippen LogP contribution is 2.25. The van der Waals surface area contributed by atoms with E-state index in [-0.39, 0.29) is 35.3 Å². The summed E-state index contributed by atoms with van der Waals surface area (Å²) >= 11 is 6.31. The molecular formula is C34H30ClFN4O4. The van der Waals surface area contributed by atoms with Crippen LogP contribution >= 0.6 is 11.6 Å². The number of hydrogen-bond donors (Lipinski definition) is 1. The van der Waals surface area contributed by atoms with E-state index in [1.54, 1.807) is 17.0 Å². The maximum Gasteiger partial charge on any atom is 0.270 e. The minimum absolute atomic E-state index is 0.00100. The van der Waals surface area contributed by atoms with Crippen molar-refractivity contribution in [1.29, 1.82) is 0 Å². The first-order chi connectivity index (χ1) is 21.2. The number of rotatable bonds is 11. The topological polar surface area (TPSA) is 99.6 Å². The molecule has 2 amide bonds.